The van der Waals surface area contributed by atoms with Crippen LogP contribution in [0.2, 0.25) is 0 Å². The van der Waals surface area contributed by atoms with E-state index in [0.29, 0.717) is 5.75 Å². The zero-order valence-corrected chi connectivity index (χ0v) is 11.1. The van der Waals surface area contributed by atoms with Gasteiger partial charge in [0.2, 0.25) is 0 Å². The summed E-state index contributed by atoms with van der Waals surface area (Å²) in [4.78, 5) is 4.33. The predicted octanol–water partition coefficient (Wildman–Crippen LogP) is 2.30. The molecular formula is C13H22N2O2. The lowest BCUT2D eigenvalue weighted by Gasteiger charge is -2.36. The fourth-order valence-corrected chi connectivity index (χ4v) is 2.16. The molecule has 0 aliphatic rings. The maximum absolute atomic E-state index is 6.31. The Hall–Kier alpha value is -1.13. The second kappa shape index (κ2) is 5.98. The first-order chi connectivity index (χ1) is 8.15. The summed E-state index contributed by atoms with van der Waals surface area (Å²) < 4.78 is 10.9. The van der Waals surface area contributed by atoms with E-state index in [1.165, 1.54) is 0 Å². The van der Waals surface area contributed by atoms with Crippen molar-refractivity contribution < 1.29 is 9.47 Å². The highest BCUT2D eigenvalue weighted by molar-refractivity contribution is 5.31. The minimum absolute atomic E-state index is 0.293. The maximum atomic E-state index is 6.31. The highest BCUT2D eigenvalue weighted by atomic mass is 16.5. The molecule has 4 nitrogen and oxygen atoms in total. The monoisotopic (exact) mass is 238 g/mol. The van der Waals surface area contributed by atoms with Gasteiger partial charge >= 0.3 is 0 Å². The summed E-state index contributed by atoms with van der Waals surface area (Å²) in [5.74, 6) is 0.711. The average molecular weight is 238 g/mol. The lowest BCUT2D eigenvalue weighted by molar-refractivity contribution is -0.0400. The molecule has 0 saturated carbocycles. The van der Waals surface area contributed by atoms with Crippen LogP contribution >= 0.6 is 0 Å². The van der Waals surface area contributed by atoms with E-state index in [1.807, 2.05) is 12.1 Å². The molecule has 0 aliphatic carbocycles. The first-order valence-electron chi connectivity index (χ1n) is 5.94. The summed E-state index contributed by atoms with van der Waals surface area (Å²) in [5.41, 5.74) is 6.68. The Morgan fingerprint density at radius 2 is 2.00 bits per heavy atom. The molecule has 0 saturated heterocycles. The first kappa shape index (κ1) is 13.9. The molecule has 2 N–H and O–H groups in total. The number of rotatable bonds is 6. The average Bonchev–Trinajstić information content (AvgIpc) is 2.41. The lowest BCUT2D eigenvalue weighted by Crippen LogP contribution is -2.42. The van der Waals surface area contributed by atoms with Crippen molar-refractivity contribution in [2.45, 2.75) is 38.3 Å². The molecule has 96 valence electrons. The molecule has 1 unspecified atom stereocenters. The number of hydrogen-bond donors (Lipinski definition) is 1. The van der Waals surface area contributed by atoms with E-state index in [2.05, 4.69) is 18.8 Å². The van der Waals surface area contributed by atoms with Crippen molar-refractivity contribution in [2.75, 3.05) is 14.2 Å². The van der Waals surface area contributed by atoms with E-state index in [4.69, 9.17) is 15.2 Å². The zero-order valence-electron chi connectivity index (χ0n) is 11.1. The van der Waals surface area contributed by atoms with Crippen molar-refractivity contribution in [3.05, 3.63) is 24.0 Å². The van der Waals surface area contributed by atoms with E-state index in [9.17, 15) is 0 Å². The minimum atomic E-state index is -0.387. The Balaban J connectivity index is 3.13. The predicted molar refractivity (Wildman–Crippen MR) is 68.0 cm³/mol. The Morgan fingerprint density at radius 1 is 1.35 bits per heavy atom. The fourth-order valence-electron chi connectivity index (χ4n) is 2.16. The van der Waals surface area contributed by atoms with Gasteiger partial charge in [-0.1, -0.05) is 13.8 Å². The Kier molecular flexibility index (Phi) is 4.90. The van der Waals surface area contributed by atoms with Crippen LogP contribution in [0.1, 0.15) is 38.4 Å². The van der Waals surface area contributed by atoms with Gasteiger partial charge < -0.3 is 15.2 Å². The van der Waals surface area contributed by atoms with Gasteiger partial charge in [-0.3, -0.25) is 4.98 Å². The third-order valence-electron chi connectivity index (χ3n) is 3.48. The number of pyridine rings is 1. The summed E-state index contributed by atoms with van der Waals surface area (Å²) in [6, 6.07) is 3.41. The van der Waals surface area contributed by atoms with E-state index in [0.717, 1.165) is 18.5 Å². The van der Waals surface area contributed by atoms with Crippen LogP contribution in [0.4, 0.5) is 0 Å². The molecule has 1 heterocycles. The molecule has 0 spiro atoms. The molecular weight excluding hydrogens is 216 g/mol. The van der Waals surface area contributed by atoms with Crippen LogP contribution in [0.25, 0.3) is 0 Å². The number of nitrogens with zero attached hydrogens (tertiary/aromatic N) is 1. The molecule has 0 aliphatic heterocycles. The van der Waals surface area contributed by atoms with Crippen molar-refractivity contribution in [1.29, 1.82) is 0 Å². The molecule has 1 aromatic heterocycles. The Morgan fingerprint density at radius 3 is 2.47 bits per heavy atom. The molecule has 17 heavy (non-hydrogen) atoms. The van der Waals surface area contributed by atoms with Crippen molar-refractivity contribution in [2.24, 2.45) is 5.73 Å². The molecule has 4 heteroatoms. The number of ether oxygens (including phenoxy) is 2. The van der Waals surface area contributed by atoms with E-state index >= 15 is 0 Å². The molecule has 0 bridgehead atoms. The van der Waals surface area contributed by atoms with Gasteiger partial charge in [-0.25, -0.2) is 0 Å². The van der Waals surface area contributed by atoms with Gasteiger partial charge in [0.1, 0.15) is 11.4 Å². The molecule has 0 amide bonds. The zero-order chi connectivity index (χ0) is 12.9. The second-order valence-corrected chi connectivity index (χ2v) is 4.04. The van der Waals surface area contributed by atoms with Crippen LogP contribution in [0.3, 0.4) is 0 Å². The normalized spacial score (nSPS) is 13.5. The van der Waals surface area contributed by atoms with Crippen molar-refractivity contribution in [1.82, 2.24) is 4.98 Å². The number of hydrogen-bond acceptors (Lipinski definition) is 4. The first-order valence-corrected chi connectivity index (χ1v) is 5.94. The molecule has 0 radical (unpaired) electrons. The largest absolute Gasteiger partial charge is 0.495 e. The summed E-state index contributed by atoms with van der Waals surface area (Å²) in [6.45, 7) is 4.14. The third kappa shape index (κ3) is 2.58. The van der Waals surface area contributed by atoms with Crippen molar-refractivity contribution in [3.63, 3.8) is 0 Å². The van der Waals surface area contributed by atoms with Gasteiger partial charge in [0.15, 0.2) is 0 Å². The molecule has 1 atom stereocenters. The van der Waals surface area contributed by atoms with Gasteiger partial charge in [0.05, 0.1) is 18.8 Å². The fraction of sp³-hybridized carbons (Fsp3) is 0.615. The maximum Gasteiger partial charge on any atom is 0.142 e. The smallest absolute Gasteiger partial charge is 0.142 e. The van der Waals surface area contributed by atoms with E-state index < -0.39 is 0 Å². The highest BCUT2D eigenvalue weighted by Gasteiger charge is 2.36. The van der Waals surface area contributed by atoms with Gasteiger partial charge in [0.25, 0.3) is 0 Å². The van der Waals surface area contributed by atoms with Crippen LogP contribution in [-0.4, -0.2) is 24.8 Å². The molecule has 0 aromatic carbocycles. The van der Waals surface area contributed by atoms with Crippen LogP contribution in [0.5, 0.6) is 5.75 Å². The Bertz CT molecular complexity index is 343. The van der Waals surface area contributed by atoms with E-state index in [-0.39, 0.29) is 11.6 Å². The summed E-state index contributed by atoms with van der Waals surface area (Å²) >= 11 is 0. The summed E-state index contributed by atoms with van der Waals surface area (Å²) in [6.07, 6.45) is 3.39. The Labute approximate surface area is 103 Å². The van der Waals surface area contributed by atoms with Crippen molar-refractivity contribution in [3.8, 4) is 5.75 Å². The van der Waals surface area contributed by atoms with E-state index in [1.54, 1.807) is 20.4 Å². The number of methoxy groups -OCH3 is 2. The minimum Gasteiger partial charge on any atom is -0.495 e. The van der Waals surface area contributed by atoms with Gasteiger partial charge in [-0.15, -0.1) is 0 Å². The topological polar surface area (TPSA) is 57.4 Å². The van der Waals surface area contributed by atoms with Crippen LogP contribution in [0, 0.1) is 0 Å². The lowest BCUT2D eigenvalue weighted by atomic mass is 9.86. The van der Waals surface area contributed by atoms with Crippen LogP contribution in [0.15, 0.2) is 18.3 Å². The van der Waals surface area contributed by atoms with Gasteiger partial charge in [0, 0.05) is 13.3 Å². The van der Waals surface area contributed by atoms with Crippen LogP contribution < -0.4 is 10.5 Å². The van der Waals surface area contributed by atoms with Gasteiger partial charge in [-0.2, -0.15) is 0 Å². The van der Waals surface area contributed by atoms with Gasteiger partial charge in [-0.05, 0) is 25.0 Å². The second-order valence-electron chi connectivity index (χ2n) is 4.04. The number of aromatic nitrogens is 1. The molecule has 1 rings (SSSR count). The quantitative estimate of drug-likeness (QED) is 0.826. The van der Waals surface area contributed by atoms with Crippen LogP contribution in [-0.2, 0) is 4.74 Å². The summed E-state index contributed by atoms with van der Waals surface area (Å²) in [5, 5.41) is 0. The van der Waals surface area contributed by atoms with Crippen molar-refractivity contribution >= 4 is 0 Å². The third-order valence-corrected chi connectivity index (χ3v) is 3.48. The highest BCUT2D eigenvalue weighted by Crippen LogP contribution is 2.35. The standard InChI is InChI=1S/C13H22N2O2/c1-5-13(6-2,17-4)12(14)11-10(16-3)8-7-9-15-11/h7-9,12H,5-6,14H2,1-4H3. The molecule has 0 fully saturated rings. The summed E-state index contributed by atoms with van der Waals surface area (Å²) in [7, 11) is 3.32. The molecule has 1 aromatic rings. The number of nitrogens with two attached hydrogens (primary N) is 1. The SMILES string of the molecule is CCC(CC)(OC)C(N)c1ncccc1OC.